The largest absolute Gasteiger partial charge is 0.461 e. The molecule has 1 aromatic carbocycles. The summed E-state index contributed by atoms with van der Waals surface area (Å²) in [5.74, 6) is 0.192. The first kappa shape index (κ1) is 23.6. The average molecular weight is 321 g/mol. The number of hydrogen-bond acceptors (Lipinski definition) is 4. The second-order valence-electron chi connectivity index (χ2n) is 4.40. The Kier molecular flexibility index (Phi) is 17.1. The highest BCUT2D eigenvalue weighted by Crippen LogP contribution is 1.91. The lowest BCUT2D eigenvalue weighted by Crippen LogP contribution is -2.37. The van der Waals surface area contributed by atoms with Gasteiger partial charge in [0.1, 0.15) is 6.29 Å². The van der Waals surface area contributed by atoms with Crippen molar-refractivity contribution in [2.75, 3.05) is 26.7 Å². The van der Waals surface area contributed by atoms with Crippen LogP contribution in [0.2, 0.25) is 0 Å². The summed E-state index contributed by atoms with van der Waals surface area (Å²) < 4.78 is 11.7. The predicted molar refractivity (Wildman–Crippen MR) is 92.8 cm³/mol. The molecule has 0 saturated carbocycles. The first-order valence-electron chi connectivity index (χ1n) is 7.29. The number of rotatable bonds is 7. The van der Waals surface area contributed by atoms with Crippen LogP contribution >= 0.6 is 0 Å². The second kappa shape index (κ2) is 16.7. The third kappa shape index (κ3) is 11.5. The molecule has 1 amide bonds. The van der Waals surface area contributed by atoms with Gasteiger partial charge in [-0.05, 0) is 25.9 Å². The molecular weight excluding hydrogens is 297 g/mol. The Morgan fingerprint density at radius 1 is 1.35 bits per heavy atom. The quantitative estimate of drug-likeness (QED) is 0.558. The lowest BCUT2D eigenvalue weighted by molar-refractivity contribution is -0.129. The van der Waals surface area contributed by atoms with Crippen LogP contribution in [0.5, 0.6) is 0 Å². The van der Waals surface area contributed by atoms with Gasteiger partial charge >= 0.3 is 7.56 Å². The summed E-state index contributed by atoms with van der Waals surface area (Å²) in [4.78, 5) is 23.2. The highest BCUT2D eigenvalue weighted by atomic mass is 19.1. The minimum Gasteiger partial charge on any atom is -0.461 e. The maximum atomic E-state index is 11.7. The molecule has 0 aliphatic carbocycles. The van der Waals surface area contributed by atoms with E-state index in [1.54, 1.807) is 31.3 Å². The number of nitrogens with one attached hydrogen (secondary N) is 1. The first-order valence-corrected chi connectivity index (χ1v) is 7.29. The van der Waals surface area contributed by atoms with Crippen LogP contribution in [0.4, 0.5) is 4.32 Å². The fourth-order valence-corrected chi connectivity index (χ4v) is 1.64. The van der Waals surface area contributed by atoms with Crippen LogP contribution in [0.3, 0.4) is 0 Å². The molecule has 3 radical (unpaired) electrons. The van der Waals surface area contributed by atoms with E-state index in [2.05, 4.69) is 20.3 Å². The Bertz CT molecular complexity index is 420. The van der Waals surface area contributed by atoms with Gasteiger partial charge in [-0.2, -0.15) is 0 Å². The zero-order valence-corrected chi connectivity index (χ0v) is 14.0. The lowest BCUT2D eigenvalue weighted by atomic mass is 9.91. The van der Waals surface area contributed by atoms with Crippen LogP contribution in [-0.2, 0) is 4.79 Å². The molecule has 2 N–H and O–H groups in total. The van der Waals surface area contributed by atoms with Crippen molar-refractivity contribution in [3.8, 4) is 0 Å². The highest BCUT2D eigenvalue weighted by Gasteiger charge is 2.07. The average Bonchev–Trinajstić information content (AvgIpc) is 2.62. The molecule has 0 bridgehead atoms. The fraction of sp³-hybridized carbons (Fsp3) is 0.467. The van der Waals surface area contributed by atoms with Crippen molar-refractivity contribution in [3.05, 3.63) is 29.8 Å². The third-order valence-corrected chi connectivity index (χ3v) is 2.75. The highest BCUT2D eigenvalue weighted by molar-refractivity contribution is 6.46. The van der Waals surface area contributed by atoms with Crippen molar-refractivity contribution in [1.29, 1.82) is 0 Å². The number of hydrogen-bond donors (Lipinski definition) is 2. The zero-order chi connectivity index (χ0) is 18.1. The Hall–Kier alpha value is -1.66. The number of amides is 1. The van der Waals surface area contributed by atoms with Gasteiger partial charge in [0.2, 0.25) is 5.91 Å². The number of benzene rings is 1. The molecule has 0 saturated heterocycles. The van der Waals surface area contributed by atoms with Crippen LogP contribution in [0, 0.1) is 0 Å². The minimum atomic E-state index is 0.192. The Morgan fingerprint density at radius 2 is 1.91 bits per heavy atom. The molecular formula is C15H24B2FN2O3. The first-order chi connectivity index (χ1) is 11.1. The fourth-order valence-electron chi connectivity index (χ4n) is 1.64. The van der Waals surface area contributed by atoms with E-state index in [1.165, 1.54) is 0 Å². The number of likely N-dealkylation sites (N-methyl/N-ethyl adjacent to an activating group) is 2. The maximum Gasteiger partial charge on any atom is 0.391 e. The number of nitrogens with zero attached hydrogens (tertiary/aromatic N) is 1. The van der Waals surface area contributed by atoms with Crippen molar-refractivity contribution in [1.82, 2.24) is 10.2 Å². The number of halogens is 1. The van der Waals surface area contributed by atoms with Crippen molar-refractivity contribution in [2.45, 2.75) is 20.3 Å². The van der Waals surface area contributed by atoms with E-state index in [9.17, 15) is 13.9 Å². The molecule has 0 aliphatic heterocycles. The molecule has 1 rings (SSSR count). The van der Waals surface area contributed by atoms with Gasteiger partial charge in [-0.25, -0.2) is 0 Å². The predicted octanol–water partition coefficient (Wildman–Crippen LogP) is 0.240. The van der Waals surface area contributed by atoms with E-state index in [-0.39, 0.29) is 5.91 Å². The summed E-state index contributed by atoms with van der Waals surface area (Å²) in [6, 6.07) is 6.23. The van der Waals surface area contributed by atoms with Crippen LogP contribution in [0.1, 0.15) is 30.6 Å². The normalized spacial score (nSPS) is 8.74. The maximum absolute atomic E-state index is 11.7. The lowest BCUT2D eigenvalue weighted by Gasteiger charge is -2.19. The second-order valence-corrected chi connectivity index (χ2v) is 4.40. The van der Waals surface area contributed by atoms with Crippen molar-refractivity contribution in [2.24, 2.45) is 0 Å². The Balaban J connectivity index is 0. The molecule has 0 unspecified atom stereocenters. The summed E-state index contributed by atoms with van der Waals surface area (Å²) in [5, 5.41) is 9.35. The van der Waals surface area contributed by atoms with Gasteiger partial charge in [-0.1, -0.05) is 31.2 Å². The minimum absolute atomic E-state index is 0.192. The van der Waals surface area contributed by atoms with E-state index in [1.807, 2.05) is 11.8 Å². The number of aldehydes is 1. The van der Waals surface area contributed by atoms with Gasteiger partial charge in [0.05, 0.1) is 6.54 Å². The molecule has 5 nitrogen and oxygen atoms in total. The molecule has 0 spiro atoms. The van der Waals surface area contributed by atoms with E-state index in [4.69, 9.17) is 5.02 Å². The van der Waals surface area contributed by atoms with Crippen LogP contribution in [0.25, 0.3) is 0 Å². The molecule has 0 atom stereocenters. The standard InChI is InChI=1S/C8H18N2O.C7H5BFO.BHO/c1-4-6-10(5-2)8(11)7-9-3;9-8-7-3-1-6(5-10)2-4-7;1-2/h9H,4-7H2,1-3H3;1-5H;2H. The smallest absolute Gasteiger partial charge is 0.391 e. The van der Waals surface area contributed by atoms with Crippen molar-refractivity contribution >= 4 is 33.3 Å². The number of carbonyl (C=O) groups is 2. The van der Waals surface area contributed by atoms with Gasteiger partial charge in [0.15, 0.2) is 0 Å². The van der Waals surface area contributed by atoms with Crippen LogP contribution < -0.4 is 10.8 Å². The summed E-state index contributed by atoms with van der Waals surface area (Å²) in [5.41, 5.74) is 1.04. The van der Waals surface area contributed by atoms with E-state index >= 15 is 0 Å². The van der Waals surface area contributed by atoms with Gasteiger partial charge in [0, 0.05) is 18.7 Å². The monoisotopic (exact) mass is 321 g/mol. The molecule has 125 valence electrons. The molecule has 1 aromatic rings. The zero-order valence-electron chi connectivity index (χ0n) is 14.0. The molecule has 23 heavy (non-hydrogen) atoms. The molecule has 0 aliphatic rings. The van der Waals surface area contributed by atoms with E-state index in [0.29, 0.717) is 25.1 Å². The topological polar surface area (TPSA) is 69.6 Å². The summed E-state index contributed by atoms with van der Waals surface area (Å²) >= 11 is 0. The number of carbonyl (C=O) groups excluding carboxylic acids is 2. The van der Waals surface area contributed by atoms with Gasteiger partial charge in [-0.15, -0.1) is 0 Å². The van der Waals surface area contributed by atoms with Crippen LogP contribution in [-0.4, -0.2) is 64.4 Å². The Morgan fingerprint density at radius 3 is 2.26 bits per heavy atom. The van der Waals surface area contributed by atoms with Crippen molar-refractivity contribution < 1.29 is 18.9 Å². The van der Waals surface area contributed by atoms with Gasteiger partial charge in [-0.3, -0.25) is 9.59 Å². The molecule has 0 heterocycles. The van der Waals surface area contributed by atoms with Crippen LogP contribution in [0.15, 0.2) is 24.3 Å². The van der Waals surface area contributed by atoms with Gasteiger partial charge in [0.25, 0.3) is 8.05 Å². The summed E-state index contributed by atoms with van der Waals surface area (Å²) in [6.07, 6.45) is 1.76. The summed E-state index contributed by atoms with van der Waals surface area (Å²) in [6.45, 7) is 6.22. The van der Waals surface area contributed by atoms with Gasteiger partial charge < -0.3 is 19.6 Å². The van der Waals surface area contributed by atoms with E-state index < -0.39 is 0 Å². The van der Waals surface area contributed by atoms with E-state index in [0.717, 1.165) is 25.8 Å². The molecule has 0 fully saturated rings. The SMILES string of the molecule is CCCN(CC)C(=O)CNC.O=Cc1ccc([B]F)cc1.[B]O. The Labute approximate surface area is 140 Å². The molecule has 8 heteroatoms. The van der Waals surface area contributed by atoms with Crippen molar-refractivity contribution in [3.63, 3.8) is 0 Å². The molecule has 0 aromatic heterocycles. The third-order valence-electron chi connectivity index (χ3n) is 2.75. The summed E-state index contributed by atoms with van der Waals surface area (Å²) in [7, 11) is 5.78.